The summed E-state index contributed by atoms with van der Waals surface area (Å²) in [4.78, 5) is 23.1. The van der Waals surface area contributed by atoms with Gasteiger partial charge in [-0.2, -0.15) is 10.2 Å². The van der Waals surface area contributed by atoms with Crippen LogP contribution in [0, 0.1) is 0 Å². The van der Waals surface area contributed by atoms with E-state index in [1.165, 1.54) is 15.8 Å². The van der Waals surface area contributed by atoms with E-state index < -0.39 is 11.2 Å². The van der Waals surface area contributed by atoms with Gasteiger partial charge < -0.3 is 16.6 Å². The Kier molecular flexibility index (Phi) is 8.68. The first-order chi connectivity index (χ1) is 20.2. The van der Waals surface area contributed by atoms with Crippen molar-refractivity contribution < 1.29 is 14.7 Å². The molecule has 42 heavy (non-hydrogen) atoms. The van der Waals surface area contributed by atoms with Gasteiger partial charge in [0.25, 0.3) is 5.24 Å². The zero-order valence-corrected chi connectivity index (χ0v) is 24.7. The summed E-state index contributed by atoms with van der Waals surface area (Å²) in [6, 6.07) is 20.9. The summed E-state index contributed by atoms with van der Waals surface area (Å²) >= 11 is 5.69. The van der Waals surface area contributed by atoms with Crippen LogP contribution in [0.2, 0.25) is 0 Å². The molecule has 2 aromatic carbocycles. The maximum atomic E-state index is 11.6. The number of carbonyl (C=O) groups excluding carboxylic acids is 1. The number of carboxylic acids is 1. The first-order valence-corrected chi connectivity index (χ1v) is 14.7. The summed E-state index contributed by atoms with van der Waals surface area (Å²) in [6.07, 6.45) is 6.03. The number of aromatic carboxylic acids is 1. The number of aromatic nitrogens is 4. The van der Waals surface area contributed by atoms with Gasteiger partial charge in [0.2, 0.25) is 0 Å². The molecule has 2 fully saturated rings. The molecule has 2 aliphatic rings. The Balaban J connectivity index is 0.000000168. The molecule has 0 amide bonds. The van der Waals surface area contributed by atoms with E-state index in [0.717, 1.165) is 44.2 Å². The Morgan fingerprint density at radius 3 is 1.50 bits per heavy atom. The second-order valence-corrected chi connectivity index (χ2v) is 11.7. The number of anilines is 2. The molecule has 9 nitrogen and oxygen atoms in total. The van der Waals surface area contributed by atoms with Crippen LogP contribution in [0.15, 0.2) is 60.7 Å². The number of nitrogen functional groups attached to an aromatic ring is 2. The van der Waals surface area contributed by atoms with E-state index in [9.17, 15) is 14.7 Å². The minimum Gasteiger partial charge on any atom is -0.477 e. The number of nitrogens with zero attached hydrogens (tertiary/aromatic N) is 4. The molecular formula is C32H37ClN6O3. The second-order valence-electron chi connectivity index (χ2n) is 11.4. The molecule has 4 aromatic rings. The van der Waals surface area contributed by atoms with Crippen LogP contribution >= 0.6 is 11.6 Å². The van der Waals surface area contributed by atoms with Crippen molar-refractivity contribution in [2.45, 2.75) is 62.2 Å². The monoisotopic (exact) mass is 588 g/mol. The van der Waals surface area contributed by atoms with Crippen LogP contribution in [0.25, 0.3) is 0 Å². The van der Waals surface area contributed by atoms with Crippen molar-refractivity contribution in [3.05, 3.63) is 94.3 Å². The zero-order valence-electron chi connectivity index (χ0n) is 23.9. The van der Waals surface area contributed by atoms with Crippen LogP contribution < -0.4 is 11.5 Å². The van der Waals surface area contributed by atoms with Gasteiger partial charge in [-0.15, -0.1) is 0 Å². The first-order valence-electron chi connectivity index (χ1n) is 14.3. The molecule has 2 aromatic heterocycles. The van der Waals surface area contributed by atoms with Crippen LogP contribution in [-0.2, 0) is 14.1 Å². The van der Waals surface area contributed by atoms with E-state index in [2.05, 4.69) is 46.6 Å². The number of halogens is 1. The van der Waals surface area contributed by atoms with Gasteiger partial charge in [0, 0.05) is 25.9 Å². The van der Waals surface area contributed by atoms with Crippen molar-refractivity contribution >= 4 is 34.4 Å². The van der Waals surface area contributed by atoms with E-state index in [0.29, 0.717) is 28.9 Å². The van der Waals surface area contributed by atoms with Crippen molar-refractivity contribution in [3.63, 3.8) is 0 Å². The number of rotatable bonds is 6. The van der Waals surface area contributed by atoms with Gasteiger partial charge in [-0.3, -0.25) is 14.2 Å². The van der Waals surface area contributed by atoms with Crippen molar-refractivity contribution in [3.8, 4) is 0 Å². The Bertz CT molecular complexity index is 1450. The summed E-state index contributed by atoms with van der Waals surface area (Å²) in [5.41, 5.74) is 16.4. The topological polar surface area (TPSA) is 142 Å². The Morgan fingerprint density at radius 2 is 1.10 bits per heavy atom. The molecule has 2 heterocycles. The van der Waals surface area contributed by atoms with Gasteiger partial charge in [0.05, 0.1) is 17.0 Å². The van der Waals surface area contributed by atoms with Gasteiger partial charge in [0.15, 0.2) is 0 Å². The van der Waals surface area contributed by atoms with Crippen molar-refractivity contribution in [1.29, 1.82) is 0 Å². The molecule has 2 aliphatic carbocycles. The van der Waals surface area contributed by atoms with Crippen molar-refractivity contribution in [2.24, 2.45) is 14.1 Å². The third-order valence-corrected chi connectivity index (χ3v) is 9.02. The number of carbonyl (C=O) groups is 2. The highest BCUT2D eigenvalue weighted by molar-refractivity contribution is 6.68. The van der Waals surface area contributed by atoms with Crippen LogP contribution in [0.4, 0.5) is 11.6 Å². The lowest BCUT2D eigenvalue weighted by Crippen LogP contribution is -2.06. The summed E-state index contributed by atoms with van der Waals surface area (Å²) in [5.74, 6) is 1.01. The standard InChI is InChI=1S/C16H18ClN3O.C16H19N3O2/c1-20-16(18)13(15(17)21)14(19-20)12-8-7-11(9-12)10-5-3-2-4-6-10;1-19-15(17)13(16(20)21)14(18-19)12-8-7-11(9-12)10-5-3-2-4-6-10/h2-6,11-12H,7-9,18H2,1H3;2-6,11-12H,7-9,17H2,1H3,(H,20,21). The fourth-order valence-corrected chi connectivity index (χ4v) is 6.82. The molecule has 6 rings (SSSR count). The van der Waals surface area contributed by atoms with Gasteiger partial charge in [0.1, 0.15) is 17.2 Å². The quantitative estimate of drug-likeness (QED) is 0.228. The van der Waals surface area contributed by atoms with Crippen LogP contribution in [0.1, 0.15) is 105 Å². The minimum atomic E-state index is -0.987. The Morgan fingerprint density at radius 1 is 0.714 bits per heavy atom. The van der Waals surface area contributed by atoms with Crippen LogP contribution in [0.5, 0.6) is 0 Å². The molecule has 0 spiro atoms. The maximum Gasteiger partial charge on any atom is 0.341 e. The number of hydrogen-bond acceptors (Lipinski definition) is 6. The average molecular weight is 589 g/mol. The Hall–Kier alpha value is -4.11. The highest BCUT2D eigenvalue weighted by Gasteiger charge is 2.34. The van der Waals surface area contributed by atoms with Gasteiger partial charge in [-0.1, -0.05) is 60.7 Å². The third kappa shape index (κ3) is 5.92. The van der Waals surface area contributed by atoms with Crippen molar-refractivity contribution in [1.82, 2.24) is 19.6 Å². The lowest BCUT2D eigenvalue weighted by Gasteiger charge is -2.11. The van der Waals surface area contributed by atoms with Gasteiger partial charge in [-0.05, 0) is 73.1 Å². The largest absolute Gasteiger partial charge is 0.477 e. The number of benzene rings is 2. The Labute approximate surface area is 250 Å². The van der Waals surface area contributed by atoms with Crippen LogP contribution in [0.3, 0.4) is 0 Å². The van der Waals surface area contributed by atoms with Crippen molar-refractivity contribution in [2.75, 3.05) is 11.5 Å². The first kappa shape index (κ1) is 29.4. The van der Waals surface area contributed by atoms with E-state index in [1.807, 2.05) is 24.3 Å². The summed E-state index contributed by atoms with van der Waals surface area (Å²) in [6.45, 7) is 0. The smallest absolute Gasteiger partial charge is 0.341 e. The summed E-state index contributed by atoms with van der Waals surface area (Å²) < 4.78 is 3.01. The van der Waals surface area contributed by atoms with E-state index in [4.69, 9.17) is 23.1 Å². The number of aryl methyl sites for hydroxylation is 2. The highest BCUT2D eigenvalue weighted by atomic mass is 35.5. The molecule has 0 aliphatic heterocycles. The van der Waals surface area contributed by atoms with E-state index in [1.54, 1.807) is 18.8 Å². The fourth-order valence-electron chi connectivity index (χ4n) is 6.62. The number of carboxylic acid groups (broad SMARTS) is 1. The van der Waals surface area contributed by atoms with E-state index >= 15 is 0 Å². The van der Waals surface area contributed by atoms with Crippen LogP contribution in [-0.4, -0.2) is 35.9 Å². The van der Waals surface area contributed by atoms with Gasteiger partial charge >= 0.3 is 5.97 Å². The summed E-state index contributed by atoms with van der Waals surface area (Å²) in [5, 5.41) is 17.6. The van der Waals surface area contributed by atoms with E-state index in [-0.39, 0.29) is 23.2 Å². The SMILES string of the molecule is Cn1nc(C2CCC(c3ccccc3)C2)c(C(=O)Cl)c1N.Cn1nc(C2CCC(c3ccccc3)C2)c(C(=O)O)c1N. The lowest BCUT2D eigenvalue weighted by atomic mass is 9.94. The lowest BCUT2D eigenvalue weighted by molar-refractivity contribution is 0.0696. The number of hydrogen-bond donors (Lipinski definition) is 3. The normalized spacial score (nSPS) is 21.6. The molecule has 4 atom stereocenters. The molecule has 0 radical (unpaired) electrons. The maximum absolute atomic E-state index is 11.6. The molecule has 0 bridgehead atoms. The van der Waals surface area contributed by atoms with Gasteiger partial charge in [-0.25, -0.2) is 4.79 Å². The zero-order chi connectivity index (χ0) is 30.0. The molecule has 0 saturated heterocycles. The predicted molar refractivity (Wildman–Crippen MR) is 164 cm³/mol. The number of nitrogens with two attached hydrogens (primary N) is 2. The average Bonchev–Trinajstić information content (AvgIpc) is 3.77. The highest BCUT2D eigenvalue weighted by Crippen LogP contribution is 2.46. The minimum absolute atomic E-state index is 0.171. The second kappa shape index (κ2) is 12.4. The molecule has 4 unspecified atom stereocenters. The summed E-state index contributed by atoms with van der Waals surface area (Å²) in [7, 11) is 3.43. The molecule has 5 N–H and O–H groups in total. The molecule has 2 saturated carbocycles. The molecule has 10 heteroatoms. The third-order valence-electron chi connectivity index (χ3n) is 8.83. The molecule has 220 valence electrons. The molecular weight excluding hydrogens is 552 g/mol. The fraction of sp³-hybridized carbons (Fsp3) is 0.375. The predicted octanol–water partition coefficient (Wildman–Crippen LogP) is 6.18.